The lowest BCUT2D eigenvalue weighted by atomic mass is 10.2. The van der Waals surface area contributed by atoms with Crippen LogP contribution in [0.1, 0.15) is 18.9 Å². The first-order chi connectivity index (χ1) is 8.09. The van der Waals surface area contributed by atoms with Gasteiger partial charge in [-0.15, -0.1) is 0 Å². The Labute approximate surface area is 110 Å². The van der Waals surface area contributed by atoms with E-state index in [0.717, 1.165) is 28.8 Å². The molecule has 0 radical (unpaired) electrons. The monoisotopic (exact) mass is 300 g/mol. The number of ether oxygens (including phenoxy) is 2. The summed E-state index contributed by atoms with van der Waals surface area (Å²) in [5, 5.41) is 3.30. The van der Waals surface area contributed by atoms with Gasteiger partial charge in [-0.25, -0.2) is 4.98 Å². The molecule has 1 saturated heterocycles. The summed E-state index contributed by atoms with van der Waals surface area (Å²) >= 11 is 3.40. The highest BCUT2D eigenvalue weighted by molar-refractivity contribution is 9.10. The number of nitrogens with zero attached hydrogens (tertiary/aromatic N) is 1. The molecule has 0 saturated carbocycles. The van der Waals surface area contributed by atoms with Crippen molar-refractivity contribution in [2.45, 2.75) is 26.1 Å². The van der Waals surface area contributed by atoms with Gasteiger partial charge in [0.05, 0.1) is 13.2 Å². The lowest BCUT2D eigenvalue weighted by Crippen LogP contribution is -2.28. The molecule has 0 unspecified atom stereocenters. The highest BCUT2D eigenvalue weighted by Gasteiger charge is 2.30. The third kappa shape index (κ3) is 3.40. The zero-order valence-corrected chi connectivity index (χ0v) is 11.7. The Morgan fingerprint density at radius 1 is 1.47 bits per heavy atom. The number of anilines is 1. The largest absolute Gasteiger partial charge is 0.370 e. The molecule has 5 heteroatoms. The Kier molecular flexibility index (Phi) is 4.01. The van der Waals surface area contributed by atoms with Gasteiger partial charge in [0.25, 0.3) is 0 Å². The Morgan fingerprint density at radius 3 is 2.82 bits per heavy atom. The molecule has 1 N–H and O–H groups in total. The van der Waals surface area contributed by atoms with Gasteiger partial charge in [-0.05, 0) is 41.4 Å². The Bertz CT molecular complexity index is 392. The molecule has 1 aromatic heterocycles. The summed E-state index contributed by atoms with van der Waals surface area (Å²) in [6.07, 6.45) is 2.60. The molecule has 0 spiro atoms. The van der Waals surface area contributed by atoms with Gasteiger partial charge in [-0.3, -0.25) is 0 Å². The van der Waals surface area contributed by atoms with Crippen LogP contribution in [0, 0.1) is 6.92 Å². The maximum Gasteiger partial charge on any atom is 0.167 e. The van der Waals surface area contributed by atoms with E-state index in [4.69, 9.17) is 9.47 Å². The molecule has 0 aromatic carbocycles. The molecular formula is C12H17BrN2O2. The van der Waals surface area contributed by atoms with Gasteiger partial charge in [0, 0.05) is 23.6 Å². The minimum atomic E-state index is -0.434. The predicted octanol–water partition coefficient (Wildman–Crippen LogP) is 2.72. The lowest BCUT2D eigenvalue weighted by Gasteiger charge is -2.22. The number of hydrogen-bond donors (Lipinski definition) is 1. The van der Waals surface area contributed by atoms with Crippen LogP contribution in [0.5, 0.6) is 0 Å². The van der Waals surface area contributed by atoms with E-state index in [1.165, 1.54) is 0 Å². The van der Waals surface area contributed by atoms with Gasteiger partial charge in [0.2, 0.25) is 0 Å². The smallest absolute Gasteiger partial charge is 0.167 e. The van der Waals surface area contributed by atoms with Crippen molar-refractivity contribution in [3.63, 3.8) is 0 Å². The highest BCUT2D eigenvalue weighted by Crippen LogP contribution is 2.23. The first-order valence-electron chi connectivity index (χ1n) is 5.73. The summed E-state index contributed by atoms with van der Waals surface area (Å²) in [6, 6.07) is 2.04. The standard InChI is InChI=1S/C12H17BrN2O2/c1-9-7-10(13)8-15-11(9)14-4-3-12(2)16-5-6-17-12/h7-8H,3-6H2,1-2H3,(H,14,15). The van der Waals surface area contributed by atoms with Crippen molar-refractivity contribution in [2.75, 3.05) is 25.1 Å². The topological polar surface area (TPSA) is 43.4 Å². The van der Waals surface area contributed by atoms with Crippen LogP contribution >= 0.6 is 15.9 Å². The summed E-state index contributed by atoms with van der Waals surface area (Å²) < 4.78 is 12.1. The van der Waals surface area contributed by atoms with Crippen LogP contribution in [0.15, 0.2) is 16.7 Å². The summed E-state index contributed by atoms with van der Waals surface area (Å²) in [5.41, 5.74) is 1.12. The van der Waals surface area contributed by atoms with Gasteiger partial charge in [0.15, 0.2) is 5.79 Å². The van der Waals surface area contributed by atoms with Crippen LogP contribution in [-0.2, 0) is 9.47 Å². The zero-order valence-electron chi connectivity index (χ0n) is 10.1. The van der Waals surface area contributed by atoms with Gasteiger partial charge >= 0.3 is 0 Å². The summed E-state index contributed by atoms with van der Waals surface area (Å²) in [7, 11) is 0. The second-order valence-electron chi connectivity index (χ2n) is 4.33. The number of pyridine rings is 1. The van der Waals surface area contributed by atoms with Crippen LogP contribution in [0.3, 0.4) is 0 Å². The van der Waals surface area contributed by atoms with E-state index < -0.39 is 5.79 Å². The van der Waals surface area contributed by atoms with E-state index in [-0.39, 0.29) is 0 Å². The molecule has 0 aliphatic carbocycles. The maximum atomic E-state index is 5.54. The predicted molar refractivity (Wildman–Crippen MR) is 70.1 cm³/mol. The molecule has 4 nitrogen and oxygen atoms in total. The fraction of sp³-hybridized carbons (Fsp3) is 0.583. The van der Waals surface area contributed by atoms with Crippen molar-refractivity contribution in [3.05, 3.63) is 22.3 Å². The van der Waals surface area contributed by atoms with Gasteiger partial charge < -0.3 is 14.8 Å². The fourth-order valence-electron chi connectivity index (χ4n) is 1.83. The molecule has 2 rings (SSSR count). The lowest BCUT2D eigenvalue weighted by molar-refractivity contribution is -0.144. The van der Waals surface area contributed by atoms with Gasteiger partial charge in [-0.1, -0.05) is 0 Å². The van der Waals surface area contributed by atoms with Crippen LogP contribution in [0.4, 0.5) is 5.82 Å². The minimum absolute atomic E-state index is 0.434. The molecule has 1 aliphatic heterocycles. The molecule has 0 bridgehead atoms. The van der Waals surface area contributed by atoms with Gasteiger partial charge in [-0.2, -0.15) is 0 Å². The van der Waals surface area contributed by atoms with E-state index in [2.05, 4.69) is 26.2 Å². The second kappa shape index (κ2) is 5.33. The van der Waals surface area contributed by atoms with E-state index >= 15 is 0 Å². The van der Waals surface area contributed by atoms with Crippen LogP contribution in [-0.4, -0.2) is 30.5 Å². The third-order valence-corrected chi connectivity index (χ3v) is 3.25. The molecule has 17 heavy (non-hydrogen) atoms. The first-order valence-corrected chi connectivity index (χ1v) is 6.52. The van der Waals surface area contributed by atoms with E-state index in [1.54, 1.807) is 6.20 Å². The van der Waals surface area contributed by atoms with Crippen molar-refractivity contribution >= 4 is 21.7 Å². The number of halogens is 1. The van der Waals surface area contributed by atoms with E-state index in [0.29, 0.717) is 13.2 Å². The first kappa shape index (κ1) is 12.8. The molecule has 1 aromatic rings. The second-order valence-corrected chi connectivity index (χ2v) is 5.24. The zero-order chi connectivity index (χ0) is 12.3. The number of aryl methyl sites for hydroxylation is 1. The molecule has 0 atom stereocenters. The van der Waals surface area contributed by atoms with Crippen LogP contribution in [0.2, 0.25) is 0 Å². The Balaban J connectivity index is 1.85. The van der Waals surface area contributed by atoms with E-state index in [1.807, 2.05) is 19.9 Å². The van der Waals surface area contributed by atoms with Crippen LogP contribution < -0.4 is 5.32 Å². The normalized spacial score (nSPS) is 18.3. The molecule has 0 amide bonds. The fourth-order valence-corrected chi connectivity index (χ4v) is 2.28. The SMILES string of the molecule is Cc1cc(Br)cnc1NCCC1(C)OCCO1. The van der Waals surface area contributed by atoms with Crippen molar-refractivity contribution < 1.29 is 9.47 Å². The molecule has 2 heterocycles. The number of hydrogen-bond acceptors (Lipinski definition) is 4. The van der Waals surface area contributed by atoms with Crippen molar-refractivity contribution in [1.82, 2.24) is 4.98 Å². The van der Waals surface area contributed by atoms with Crippen molar-refractivity contribution in [2.24, 2.45) is 0 Å². The molecule has 94 valence electrons. The molecule has 1 fully saturated rings. The quantitative estimate of drug-likeness (QED) is 0.928. The van der Waals surface area contributed by atoms with Crippen molar-refractivity contribution in [1.29, 1.82) is 0 Å². The van der Waals surface area contributed by atoms with Gasteiger partial charge in [0.1, 0.15) is 5.82 Å². The minimum Gasteiger partial charge on any atom is -0.370 e. The maximum absolute atomic E-state index is 5.54. The molecular weight excluding hydrogens is 284 g/mol. The Hall–Kier alpha value is -0.650. The average Bonchev–Trinajstić information content (AvgIpc) is 2.69. The van der Waals surface area contributed by atoms with Crippen LogP contribution in [0.25, 0.3) is 0 Å². The molecule has 1 aliphatic rings. The summed E-state index contributed by atoms with van der Waals surface area (Å²) in [4.78, 5) is 4.33. The summed E-state index contributed by atoms with van der Waals surface area (Å²) in [5.74, 6) is 0.478. The third-order valence-electron chi connectivity index (χ3n) is 2.81. The highest BCUT2D eigenvalue weighted by atomic mass is 79.9. The Morgan fingerprint density at radius 2 is 2.18 bits per heavy atom. The van der Waals surface area contributed by atoms with E-state index in [9.17, 15) is 0 Å². The summed E-state index contributed by atoms with van der Waals surface area (Å²) in [6.45, 7) is 6.16. The number of rotatable bonds is 4. The van der Waals surface area contributed by atoms with Crippen molar-refractivity contribution in [3.8, 4) is 0 Å². The number of aromatic nitrogens is 1. The number of nitrogens with one attached hydrogen (secondary N) is 1. The average molecular weight is 301 g/mol.